The molecule has 0 aliphatic rings. The van der Waals surface area contributed by atoms with Crippen LogP contribution in [0.5, 0.6) is 0 Å². The molecule has 0 aliphatic carbocycles. The molecule has 5 heteroatoms. The van der Waals surface area contributed by atoms with Gasteiger partial charge in [0.1, 0.15) is 0 Å². The van der Waals surface area contributed by atoms with Crippen molar-refractivity contribution in [1.29, 1.82) is 0 Å². The number of nitrogens with one attached hydrogen (secondary N) is 1. The van der Waals surface area contributed by atoms with E-state index < -0.39 is 5.97 Å². The van der Waals surface area contributed by atoms with Gasteiger partial charge < -0.3 is 15.3 Å². The number of anilines is 1. The Hall–Kier alpha value is -2.48. The number of benzene rings is 1. The maximum atomic E-state index is 12.1. The lowest BCUT2D eigenvalue weighted by molar-refractivity contribution is 0.0696. The number of terminal acetylenes is 1. The Morgan fingerprint density at radius 1 is 1.38 bits per heavy atom. The van der Waals surface area contributed by atoms with E-state index in [2.05, 4.69) is 11.2 Å². The van der Waals surface area contributed by atoms with Gasteiger partial charge in [0.05, 0.1) is 12.1 Å². The highest BCUT2D eigenvalue weighted by Crippen LogP contribution is 2.20. The molecule has 0 saturated carbocycles. The molecule has 0 fully saturated rings. The van der Waals surface area contributed by atoms with Crippen LogP contribution in [0, 0.1) is 26.2 Å². The van der Waals surface area contributed by atoms with Gasteiger partial charge in [0.2, 0.25) is 0 Å². The molecule has 0 bridgehead atoms. The van der Waals surface area contributed by atoms with Crippen molar-refractivity contribution in [3.63, 3.8) is 0 Å². The standard InChI is InChI=1S/C16H20N2O3/c1-5-7-18(8-6-2)16(21)17-13-9-11(3)12(4)14(10-13)15(19)20/h1,9-10H,6-8H2,2-4H3,(H,17,21)(H,19,20). The molecular formula is C16H20N2O3. The minimum atomic E-state index is -1.01. The summed E-state index contributed by atoms with van der Waals surface area (Å²) < 4.78 is 0. The highest BCUT2D eigenvalue weighted by molar-refractivity contribution is 5.94. The van der Waals surface area contributed by atoms with E-state index in [1.807, 2.05) is 13.8 Å². The fourth-order valence-electron chi connectivity index (χ4n) is 1.99. The summed E-state index contributed by atoms with van der Waals surface area (Å²) in [6.07, 6.45) is 6.04. The maximum absolute atomic E-state index is 12.1. The summed E-state index contributed by atoms with van der Waals surface area (Å²) in [6, 6.07) is 2.89. The number of aromatic carboxylic acids is 1. The van der Waals surface area contributed by atoms with E-state index in [0.717, 1.165) is 12.0 Å². The zero-order valence-corrected chi connectivity index (χ0v) is 12.6. The van der Waals surface area contributed by atoms with Crippen molar-refractivity contribution in [1.82, 2.24) is 4.90 Å². The molecule has 0 atom stereocenters. The van der Waals surface area contributed by atoms with Gasteiger partial charge >= 0.3 is 12.0 Å². The second-order valence-corrected chi connectivity index (χ2v) is 4.83. The highest BCUT2D eigenvalue weighted by Gasteiger charge is 2.15. The number of hydrogen-bond donors (Lipinski definition) is 2. The van der Waals surface area contributed by atoms with Gasteiger partial charge in [-0.25, -0.2) is 9.59 Å². The average molecular weight is 288 g/mol. The Morgan fingerprint density at radius 3 is 2.57 bits per heavy atom. The van der Waals surface area contributed by atoms with Crippen LogP contribution in [0.2, 0.25) is 0 Å². The molecule has 0 aliphatic heterocycles. The second kappa shape index (κ2) is 7.34. The van der Waals surface area contributed by atoms with Crippen LogP contribution >= 0.6 is 0 Å². The van der Waals surface area contributed by atoms with Crippen LogP contribution in [0.15, 0.2) is 12.1 Å². The fraction of sp³-hybridized carbons (Fsp3) is 0.375. The number of carbonyl (C=O) groups is 2. The molecule has 112 valence electrons. The van der Waals surface area contributed by atoms with Crippen molar-refractivity contribution >= 4 is 17.7 Å². The largest absolute Gasteiger partial charge is 0.478 e. The molecule has 0 heterocycles. The van der Waals surface area contributed by atoms with Crippen LogP contribution in [0.25, 0.3) is 0 Å². The molecule has 1 rings (SSSR count). The molecule has 0 aromatic heterocycles. The van der Waals surface area contributed by atoms with Gasteiger partial charge in [-0.3, -0.25) is 0 Å². The normalized spacial score (nSPS) is 9.81. The quantitative estimate of drug-likeness (QED) is 0.818. The number of amides is 2. The summed E-state index contributed by atoms with van der Waals surface area (Å²) in [5.41, 5.74) is 2.14. The minimum absolute atomic E-state index is 0.185. The van der Waals surface area contributed by atoms with Crippen molar-refractivity contribution in [2.24, 2.45) is 0 Å². The maximum Gasteiger partial charge on any atom is 0.336 e. The number of hydrogen-bond acceptors (Lipinski definition) is 2. The number of urea groups is 1. The minimum Gasteiger partial charge on any atom is -0.478 e. The van der Waals surface area contributed by atoms with Gasteiger partial charge in [-0.1, -0.05) is 12.8 Å². The monoisotopic (exact) mass is 288 g/mol. The molecule has 1 aromatic carbocycles. The average Bonchev–Trinajstić information content (AvgIpc) is 2.42. The highest BCUT2D eigenvalue weighted by atomic mass is 16.4. The Kier molecular flexibility index (Phi) is 5.79. The topological polar surface area (TPSA) is 69.6 Å². The van der Waals surface area contributed by atoms with E-state index >= 15 is 0 Å². The Bertz CT molecular complexity index is 588. The summed E-state index contributed by atoms with van der Waals surface area (Å²) in [5.74, 6) is 1.43. The van der Waals surface area contributed by atoms with Crippen molar-refractivity contribution < 1.29 is 14.7 Å². The van der Waals surface area contributed by atoms with E-state index in [1.165, 1.54) is 11.0 Å². The number of aryl methyl sites for hydroxylation is 1. The molecule has 2 N–H and O–H groups in total. The van der Waals surface area contributed by atoms with E-state index in [4.69, 9.17) is 6.42 Å². The predicted octanol–water partition coefficient (Wildman–Crippen LogP) is 2.88. The lowest BCUT2D eigenvalue weighted by atomic mass is 10.0. The lowest BCUT2D eigenvalue weighted by Gasteiger charge is -2.20. The summed E-state index contributed by atoms with van der Waals surface area (Å²) in [7, 11) is 0. The second-order valence-electron chi connectivity index (χ2n) is 4.83. The van der Waals surface area contributed by atoms with E-state index in [0.29, 0.717) is 17.8 Å². The van der Waals surface area contributed by atoms with E-state index in [-0.39, 0.29) is 18.1 Å². The number of carboxylic acid groups (broad SMARTS) is 1. The van der Waals surface area contributed by atoms with Crippen LogP contribution in [0.4, 0.5) is 10.5 Å². The SMILES string of the molecule is C#CCN(CCC)C(=O)Nc1cc(C)c(C)c(C(=O)O)c1. The molecule has 2 amide bonds. The molecular weight excluding hydrogens is 268 g/mol. The van der Waals surface area contributed by atoms with Gasteiger partial charge in [0, 0.05) is 12.2 Å². The number of nitrogens with zero attached hydrogens (tertiary/aromatic N) is 1. The van der Waals surface area contributed by atoms with Crippen molar-refractivity contribution in [2.75, 3.05) is 18.4 Å². The van der Waals surface area contributed by atoms with Crippen LogP contribution < -0.4 is 5.32 Å². The van der Waals surface area contributed by atoms with Gasteiger partial charge in [-0.2, -0.15) is 0 Å². The van der Waals surface area contributed by atoms with Crippen LogP contribution in [0.3, 0.4) is 0 Å². The number of rotatable bonds is 5. The Morgan fingerprint density at radius 2 is 2.05 bits per heavy atom. The van der Waals surface area contributed by atoms with Gasteiger partial charge in [0.15, 0.2) is 0 Å². The lowest BCUT2D eigenvalue weighted by Crippen LogP contribution is -2.35. The number of carboxylic acids is 1. The Balaban J connectivity index is 2.99. The first-order chi connectivity index (χ1) is 9.90. The fourth-order valence-corrected chi connectivity index (χ4v) is 1.99. The third-order valence-corrected chi connectivity index (χ3v) is 3.21. The molecule has 1 aromatic rings. The van der Waals surface area contributed by atoms with Crippen molar-refractivity contribution in [3.05, 3.63) is 28.8 Å². The van der Waals surface area contributed by atoms with E-state index in [9.17, 15) is 14.7 Å². The van der Waals surface area contributed by atoms with Gasteiger partial charge in [0.25, 0.3) is 0 Å². The molecule has 0 saturated heterocycles. The molecule has 21 heavy (non-hydrogen) atoms. The van der Waals surface area contributed by atoms with Crippen LogP contribution in [-0.2, 0) is 0 Å². The molecule has 0 radical (unpaired) electrons. The van der Waals surface area contributed by atoms with Gasteiger partial charge in [-0.15, -0.1) is 6.42 Å². The first-order valence-corrected chi connectivity index (χ1v) is 6.74. The molecule has 0 spiro atoms. The Labute approximate surface area is 125 Å². The van der Waals surface area contributed by atoms with Crippen LogP contribution in [-0.4, -0.2) is 35.1 Å². The summed E-state index contributed by atoms with van der Waals surface area (Å²) >= 11 is 0. The number of carbonyl (C=O) groups excluding carboxylic acids is 1. The van der Waals surface area contributed by atoms with Crippen molar-refractivity contribution in [2.45, 2.75) is 27.2 Å². The smallest absolute Gasteiger partial charge is 0.336 e. The zero-order valence-electron chi connectivity index (χ0n) is 12.6. The van der Waals surface area contributed by atoms with Gasteiger partial charge in [-0.05, 0) is 43.5 Å². The first-order valence-electron chi connectivity index (χ1n) is 6.74. The summed E-state index contributed by atoms with van der Waals surface area (Å²) in [4.78, 5) is 24.9. The molecule has 0 unspecified atom stereocenters. The van der Waals surface area contributed by atoms with E-state index in [1.54, 1.807) is 13.0 Å². The third kappa shape index (κ3) is 4.25. The first kappa shape index (κ1) is 16.6. The molecule has 5 nitrogen and oxygen atoms in total. The van der Waals surface area contributed by atoms with Crippen LogP contribution in [0.1, 0.15) is 34.8 Å². The summed E-state index contributed by atoms with van der Waals surface area (Å²) in [6.45, 7) is 6.27. The third-order valence-electron chi connectivity index (χ3n) is 3.21. The summed E-state index contributed by atoms with van der Waals surface area (Å²) in [5, 5.41) is 11.9. The predicted molar refractivity (Wildman–Crippen MR) is 82.6 cm³/mol. The van der Waals surface area contributed by atoms with Crippen molar-refractivity contribution in [3.8, 4) is 12.3 Å². The zero-order chi connectivity index (χ0) is 16.0.